The fraction of sp³-hybridized carbons (Fsp3) is 0.429. The first-order valence-electron chi connectivity index (χ1n) is 7.55. The van der Waals surface area contributed by atoms with Gasteiger partial charge in [-0.3, -0.25) is 18.8 Å². The molecule has 12 heteroatoms. The molecular weight excluding hydrogens is 370 g/mol. The lowest BCUT2D eigenvalue weighted by Gasteiger charge is -2.27. The van der Waals surface area contributed by atoms with Gasteiger partial charge in [0.15, 0.2) is 0 Å². The molecule has 0 aliphatic carbocycles. The largest absolute Gasteiger partial charge is 0.443 e. The zero-order valence-corrected chi connectivity index (χ0v) is 14.5. The minimum Gasteiger partial charge on any atom is -0.443 e. The molecule has 2 aliphatic heterocycles. The SMILES string of the molecule is NC[C@H]1CN(c2ccc(N3CCOCC3=O)cc2)C(=O)O1.O=S(=O)(O)O. The second kappa shape index (κ2) is 8.42. The number of rotatable bonds is 3. The van der Waals surface area contributed by atoms with Crippen LogP contribution >= 0.6 is 0 Å². The van der Waals surface area contributed by atoms with Crippen molar-refractivity contribution in [3.63, 3.8) is 0 Å². The summed E-state index contributed by atoms with van der Waals surface area (Å²) < 4.78 is 41.8. The number of hydrogen-bond acceptors (Lipinski definition) is 7. The van der Waals surface area contributed by atoms with Gasteiger partial charge in [0.2, 0.25) is 0 Å². The number of benzene rings is 1. The van der Waals surface area contributed by atoms with E-state index in [2.05, 4.69) is 0 Å². The Morgan fingerprint density at radius 3 is 2.12 bits per heavy atom. The number of anilines is 2. The van der Waals surface area contributed by atoms with Gasteiger partial charge in [0.25, 0.3) is 5.91 Å². The number of nitrogens with zero attached hydrogens (tertiary/aromatic N) is 2. The van der Waals surface area contributed by atoms with E-state index in [9.17, 15) is 9.59 Å². The van der Waals surface area contributed by atoms with Crippen molar-refractivity contribution in [1.82, 2.24) is 0 Å². The molecule has 3 rings (SSSR count). The standard InChI is InChI=1S/C14H17N3O4.H2O4S/c15-7-12-8-17(14(19)21-12)11-3-1-10(2-4-11)16-5-6-20-9-13(16)18;1-5(2,3)4/h1-4,12H,5-9,15H2;(H2,1,2,3,4)/t12-;/m0./s1. The zero-order valence-electron chi connectivity index (χ0n) is 13.6. The highest BCUT2D eigenvalue weighted by Gasteiger charge is 2.31. The highest BCUT2D eigenvalue weighted by Crippen LogP contribution is 2.25. The van der Waals surface area contributed by atoms with Gasteiger partial charge in [-0.2, -0.15) is 8.42 Å². The van der Waals surface area contributed by atoms with Gasteiger partial charge in [0.05, 0.1) is 13.2 Å². The molecule has 0 radical (unpaired) electrons. The van der Waals surface area contributed by atoms with Crippen LogP contribution in [0.25, 0.3) is 0 Å². The molecule has 1 aromatic carbocycles. The van der Waals surface area contributed by atoms with E-state index in [1.165, 1.54) is 0 Å². The van der Waals surface area contributed by atoms with E-state index >= 15 is 0 Å². The summed E-state index contributed by atoms with van der Waals surface area (Å²) in [5, 5.41) is 0. The molecule has 4 N–H and O–H groups in total. The van der Waals surface area contributed by atoms with Crippen LogP contribution in [0.3, 0.4) is 0 Å². The van der Waals surface area contributed by atoms with E-state index in [0.717, 1.165) is 11.4 Å². The summed E-state index contributed by atoms with van der Waals surface area (Å²) >= 11 is 0. The van der Waals surface area contributed by atoms with Gasteiger partial charge in [-0.15, -0.1) is 0 Å². The fourth-order valence-electron chi connectivity index (χ4n) is 2.46. The number of carbonyl (C=O) groups is 2. The Bertz CT molecular complexity index is 744. The minimum absolute atomic E-state index is 0.0576. The van der Waals surface area contributed by atoms with Crippen molar-refractivity contribution in [2.75, 3.05) is 42.6 Å². The topological polar surface area (TPSA) is 160 Å². The number of hydrogen-bond donors (Lipinski definition) is 3. The van der Waals surface area contributed by atoms with Crippen molar-refractivity contribution in [2.45, 2.75) is 6.10 Å². The van der Waals surface area contributed by atoms with E-state index in [1.807, 2.05) is 12.1 Å². The Morgan fingerprint density at radius 2 is 1.65 bits per heavy atom. The minimum atomic E-state index is -4.67. The number of nitrogens with two attached hydrogens (primary N) is 1. The zero-order chi connectivity index (χ0) is 19.3. The highest BCUT2D eigenvalue weighted by molar-refractivity contribution is 7.79. The van der Waals surface area contributed by atoms with Crippen molar-refractivity contribution >= 4 is 33.8 Å². The van der Waals surface area contributed by atoms with Crippen molar-refractivity contribution in [3.05, 3.63) is 24.3 Å². The van der Waals surface area contributed by atoms with Crippen LogP contribution in [-0.4, -0.2) is 68.5 Å². The van der Waals surface area contributed by atoms with Gasteiger partial charge in [0.1, 0.15) is 12.7 Å². The predicted molar refractivity (Wildman–Crippen MR) is 90.5 cm³/mol. The summed E-state index contributed by atoms with van der Waals surface area (Å²) in [4.78, 5) is 26.7. The average molecular weight is 389 g/mol. The lowest BCUT2D eigenvalue weighted by Crippen LogP contribution is -2.41. The lowest BCUT2D eigenvalue weighted by molar-refractivity contribution is -0.125. The fourth-order valence-corrected chi connectivity index (χ4v) is 2.46. The van der Waals surface area contributed by atoms with Crippen molar-refractivity contribution in [3.8, 4) is 0 Å². The van der Waals surface area contributed by atoms with Crippen molar-refractivity contribution in [1.29, 1.82) is 0 Å². The van der Waals surface area contributed by atoms with Gasteiger partial charge in [-0.1, -0.05) is 0 Å². The molecule has 2 heterocycles. The quantitative estimate of drug-likeness (QED) is 0.589. The predicted octanol–water partition coefficient (Wildman–Crippen LogP) is -0.319. The van der Waals surface area contributed by atoms with E-state index < -0.39 is 10.4 Å². The first-order valence-corrected chi connectivity index (χ1v) is 8.95. The van der Waals surface area contributed by atoms with Crippen LogP contribution in [0.2, 0.25) is 0 Å². The normalized spacial score (nSPS) is 20.5. The van der Waals surface area contributed by atoms with Gasteiger partial charge in [-0.05, 0) is 24.3 Å². The third kappa shape index (κ3) is 5.64. The monoisotopic (exact) mass is 389 g/mol. The molecule has 2 fully saturated rings. The Balaban J connectivity index is 0.000000431. The number of carbonyl (C=O) groups excluding carboxylic acids is 2. The Morgan fingerprint density at radius 1 is 1.12 bits per heavy atom. The summed E-state index contributed by atoms with van der Waals surface area (Å²) in [5.41, 5.74) is 7.05. The van der Waals surface area contributed by atoms with Crippen LogP contribution in [-0.2, 0) is 24.7 Å². The van der Waals surface area contributed by atoms with Crippen molar-refractivity contribution < 1.29 is 36.6 Å². The van der Waals surface area contributed by atoms with E-state index in [4.69, 9.17) is 32.7 Å². The molecule has 2 saturated heterocycles. The molecule has 0 unspecified atom stereocenters. The molecule has 2 amide bonds. The molecule has 2 aliphatic rings. The molecule has 0 saturated carbocycles. The van der Waals surface area contributed by atoms with Gasteiger partial charge in [0, 0.05) is 24.5 Å². The molecule has 0 bridgehead atoms. The maximum absolute atomic E-state index is 11.8. The Labute approximate surface area is 149 Å². The number of ether oxygens (including phenoxy) is 2. The molecule has 144 valence electrons. The molecule has 1 atom stereocenters. The summed E-state index contributed by atoms with van der Waals surface area (Å²) in [6.07, 6.45) is -0.654. The van der Waals surface area contributed by atoms with Crippen molar-refractivity contribution in [2.24, 2.45) is 5.73 Å². The van der Waals surface area contributed by atoms with Gasteiger partial charge >= 0.3 is 16.5 Å². The third-order valence-electron chi connectivity index (χ3n) is 3.60. The van der Waals surface area contributed by atoms with Crippen LogP contribution in [0.4, 0.5) is 16.2 Å². The first kappa shape index (κ1) is 20.1. The average Bonchev–Trinajstić information content (AvgIpc) is 2.95. The molecular formula is C14H19N3O8S. The summed E-state index contributed by atoms with van der Waals surface area (Å²) in [7, 11) is -4.67. The van der Waals surface area contributed by atoms with Crippen LogP contribution in [0, 0.1) is 0 Å². The number of amides is 2. The number of cyclic esters (lactones) is 1. The Hall–Kier alpha value is -2.25. The number of morpholine rings is 1. The molecule has 1 aromatic rings. The maximum atomic E-state index is 11.8. The van der Waals surface area contributed by atoms with Gasteiger partial charge < -0.3 is 20.1 Å². The second-order valence-corrected chi connectivity index (χ2v) is 6.31. The molecule has 11 nitrogen and oxygen atoms in total. The summed E-state index contributed by atoms with van der Waals surface area (Å²) in [5.74, 6) is -0.0576. The smallest absolute Gasteiger partial charge is 0.414 e. The summed E-state index contributed by atoms with van der Waals surface area (Å²) in [6.45, 7) is 1.94. The first-order chi connectivity index (χ1) is 12.2. The highest BCUT2D eigenvalue weighted by atomic mass is 32.3. The third-order valence-corrected chi connectivity index (χ3v) is 3.60. The van der Waals surface area contributed by atoms with E-state index in [0.29, 0.717) is 26.2 Å². The van der Waals surface area contributed by atoms with Gasteiger partial charge in [-0.25, -0.2) is 4.79 Å². The van der Waals surface area contributed by atoms with E-state index in [-0.39, 0.29) is 24.7 Å². The van der Waals surface area contributed by atoms with Crippen LogP contribution in [0.5, 0.6) is 0 Å². The maximum Gasteiger partial charge on any atom is 0.414 e. The van der Waals surface area contributed by atoms with Crippen LogP contribution in [0.1, 0.15) is 0 Å². The Kier molecular flexibility index (Phi) is 6.50. The summed E-state index contributed by atoms with van der Waals surface area (Å²) in [6, 6.07) is 7.25. The lowest BCUT2D eigenvalue weighted by atomic mass is 10.2. The van der Waals surface area contributed by atoms with E-state index in [1.54, 1.807) is 21.9 Å². The van der Waals surface area contributed by atoms with Crippen LogP contribution < -0.4 is 15.5 Å². The molecule has 0 spiro atoms. The molecule has 0 aromatic heterocycles. The molecule has 26 heavy (non-hydrogen) atoms. The van der Waals surface area contributed by atoms with Crippen LogP contribution in [0.15, 0.2) is 24.3 Å². The second-order valence-electron chi connectivity index (χ2n) is 5.41.